The van der Waals surface area contributed by atoms with Gasteiger partial charge in [-0.25, -0.2) is 23.2 Å². The summed E-state index contributed by atoms with van der Waals surface area (Å²) < 4.78 is 31.5. The number of nitrogens with one attached hydrogen (secondary N) is 2. The number of methoxy groups -OCH3 is 1. The van der Waals surface area contributed by atoms with Gasteiger partial charge in [-0.1, -0.05) is 11.6 Å². The molecule has 3 rings (SSSR count). The number of amides is 1. The summed E-state index contributed by atoms with van der Waals surface area (Å²) in [4.78, 5) is 24.1. The molecule has 0 fully saturated rings. The third-order valence-electron chi connectivity index (χ3n) is 5.11. The van der Waals surface area contributed by atoms with E-state index in [9.17, 15) is 13.2 Å². The van der Waals surface area contributed by atoms with Gasteiger partial charge in [0.2, 0.25) is 16.0 Å². The maximum atomic E-state index is 12.1. The topological polar surface area (TPSA) is 143 Å². The number of rotatable bonds is 8. The first-order chi connectivity index (χ1) is 16.9. The molecule has 0 aliphatic carbocycles. The minimum Gasteiger partial charge on any atom is -0.453 e. The second-order valence-electron chi connectivity index (χ2n) is 8.24. The molecule has 3 heterocycles. The molecule has 2 aromatic rings. The molecule has 0 radical (unpaired) electrons. The van der Waals surface area contributed by atoms with Crippen LogP contribution in [0.2, 0.25) is 5.02 Å². The summed E-state index contributed by atoms with van der Waals surface area (Å²) in [6.07, 6.45) is 3.79. The Morgan fingerprint density at radius 3 is 2.67 bits per heavy atom. The number of halogens is 1. The zero-order valence-electron chi connectivity index (χ0n) is 20.7. The maximum absolute atomic E-state index is 12.1. The van der Waals surface area contributed by atoms with E-state index >= 15 is 0 Å². The zero-order chi connectivity index (χ0) is 26.6. The van der Waals surface area contributed by atoms with E-state index in [-0.39, 0.29) is 28.9 Å². The Morgan fingerprint density at radius 1 is 1.31 bits per heavy atom. The summed E-state index contributed by atoms with van der Waals surface area (Å²) in [5.41, 5.74) is 4.83. The van der Waals surface area contributed by atoms with Gasteiger partial charge in [0, 0.05) is 49.5 Å². The number of aliphatic imine (C=N–C) groups is 2. The summed E-state index contributed by atoms with van der Waals surface area (Å²) in [7, 11) is -0.922. The SMILES string of the molecule is COC(=O)N[C@@H](C)CNC1=NC(c2cn(C(C)C)nc2-c2ccnc(N(C)S(C)(=O)=O)c2Cl)=C=C=N1. The Kier molecular flexibility index (Phi) is 8.21. The molecular formula is C22H27ClN8O4S. The van der Waals surface area contributed by atoms with E-state index in [0.717, 1.165) is 10.6 Å². The lowest BCUT2D eigenvalue weighted by atomic mass is 10.1. The van der Waals surface area contributed by atoms with Crippen LogP contribution in [0.15, 0.2) is 34.2 Å². The molecule has 0 aromatic carbocycles. The average Bonchev–Trinajstić information content (AvgIpc) is 3.28. The highest BCUT2D eigenvalue weighted by molar-refractivity contribution is 7.92. The molecule has 0 unspecified atom stereocenters. The van der Waals surface area contributed by atoms with Gasteiger partial charge in [-0.3, -0.25) is 8.99 Å². The first-order valence-electron chi connectivity index (χ1n) is 10.9. The van der Waals surface area contributed by atoms with Crippen LogP contribution >= 0.6 is 11.6 Å². The Morgan fingerprint density at radius 2 is 2.03 bits per heavy atom. The summed E-state index contributed by atoms with van der Waals surface area (Å²) in [6.45, 7) is 6.07. The van der Waals surface area contributed by atoms with Crippen molar-refractivity contribution in [3.63, 3.8) is 0 Å². The largest absolute Gasteiger partial charge is 0.453 e. The van der Waals surface area contributed by atoms with Crippen LogP contribution in [0.5, 0.6) is 0 Å². The standard InChI is InChI=1S/C22H27ClN8O4S/c1-13(2)31-12-16(17-8-10-25-21(28-17)26-11-14(3)27-22(32)35-5)19(29-31)15-7-9-24-20(18(15)23)30(4)36(6,33)34/h7,9,12-14H,11H2,1-6H3,(H,27,32)(H,25,26,28)/t14-/m0/s1. The number of pyridine rings is 1. The van der Waals surface area contributed by atoms with Crippen LogP contribution in [0, 0.1) is 0 Å². The summed E-state index contributed by atoms with van der Waals surface area (Å²) in [6, 6.07) is 1.42. The molecule has 14 heteroatoms. The van der Waals surface area contributed by atoms with Gasteiger partial charge < -0.3 is 15.4 Å². The normalized spacial score (nSPS) is 13.8. The highest BCUT2D eigenvalue weighted by Crippen LogP contribution is 2.38. The van der Waals surface area contributed by atoms with Crippen molar-refractivity contribution in [2.45, 2.75) is 32.9 Å². The fourth-order valence-electron chi connectivity index (χ4n) is 3.08. The van der Waals surface area contributed by atoms with Crippen LogP contribution in [0.1, 0.15) is 32.4 Å². The highest BCUT2D eigenvalue weighted by atomic mass is 35.5. The predicted molar refractivity (Wildman–Crippen MR) is 139 cm³/mol. The fraction of sp³-hybridized carbons (Fsp3) is 0.409. The molecule has 1 aliphatic rings. The number of anilines is 1. The van der Waals surface area contributed by atoms with Gasteiger partial charge >= 0.3 is 6.09 Å². The molecule has 192 valence electrons. The van der Waals surface area contributed by atoms with Crippen LogP contribution in [-0.2, 0) is 14.8 Å². The Bertz CT molecular complexity index is 1400. The van der Waals surface area contributed by atoms with Gasteiger partial charge in [0.1, 0.15) is 11.4 Å². The number of alkyl carbamates (subject to hydrolysis) is 1. The molecule has 0 saturated carbocycles. The summed E-state index contributed by atoms with van der Waals surface area (Å²) >= 11 is 6.64. The number of hydrogen-bond donors (Lipinski definition) is 2. The van der Waals surface area contributed by atoms with Crippen molar-refractivity contribution in [1.29, 1.82) is 0 Å². The minimum absolute atomic E-state index is 0.0185. The predicted octanol–water partition coefficient (Wildman–Crippen LogP) is 2.44. The monoisotopic (exact) mass is 534 g/mol. The van der Waals surface area contributed by atoms with Crippen molar-refractivity contribution in [2.24, 2.45) is 9.98 Å². The number of nitrogens with zero attached hydrogens (tertiary/aromatic N) is 6. The number of hydrogen-bond acceptors (Lipinski definition) is 9. The van der Waals surface area contributed by atoms with E-state index in [0.29, 0.717) is 29.1 Å². The molecule has 1 aliphatic heterocycles. The second-order valence-corrected chi connectivity index (χ2v) is 10.6. The van der Waals surface area contributed by atoms with Crippen LogP contribution in [0.3, 0.4) is 0 Å². The van der Waals surface area contributed by atoms with Crippen LogP contribution in [0.4, 0.5) is 10.6 Å². The Labute approximate surface area is 214 Å². The van der Waals surface area contributed by atoms with E-state index in [1.165, 1.54) is 20.4 Å². The number of aromatic nitrogens is 3. The van der Waals surface area contributed by atoms with E-state index in [1.807, 2.05) is 13.8 Å². The third kappa shape index (κ3) is 6.13. The molecule has 0 saturated heterocycles. The van der Waals surface area contributed by atoms with Crippen molar-refractivity contribution in [3.8, 4) is 11.3 Å². The van der Waals surface area contributed by atoms with E-state index in [1.54, 1.807) is 23.9 Å². The van der Waals surface area contributed by atoms with Crippen LogP contribution < -0.4 is 14.9 Å². The van der Waals surface area contributed by atoms with Gasteiger partial charge in [-0.2, -0.15) is 10.1 Å². The molecular weight excluding hydrogens is 508 g/mol. The molecule has 2 aromatic heterocycles. The fourth-order valence-corrected chi connectivity index (χ4v) is 3.91. The van der Waals surface area contributed by atoms with Crippen LogP contribution in [-0.4, -0.2) is 74.1 Å². The van der Waals surface area contributed by atoms with E-state index in [2.05, 4.69) is 47.0 Å². The van der Waals surface area contributed by atoms with Gasteiger partial charge in [0.25, 0.3) is 0 Å². The number of ether oxygens (including phenoxy) is 1. The lowest BCUT2D eigenvalue weighted by Gasteiger charge is -2.18. The average molecular weight is 535 g/mol. The molecule has 0 spiro atoms. The Hall–Kier alpha value is -3.63. The third-order valence-corrected chi connectivity index (χ3v) is 6.65. The van der Waals surface area contributed by atoms with Crippen molar-refractivity contribution in [3.05, 3.63) is 34.8 Å². The molecule has 2 N–H and O–H groups in total. The van der Waals surface area contributed by atoms with Crippen molar-refractivity contribution >= 4 is 51.1 Å². The summed E-state index contributed by atoms with van der Waals surface area (Å²) in [5.74, 6) is 3.05. The quantitative estimate of drug-likeness (QED) is 0.495. The number of sulfonamides is 1. The molecule has 1 amide bonds. The summed E-state index contributed by atoms with van der Waals surface area (Å²) in [5, 5.41) is 10.5. The highest BCUT2D eigenvalue weighted by Gasteiger charge is 2.24. The molecule has 1 atom stereocenters. The van der Waals surface area contributed by atoms with Crippen molar-refractivity contribution < 1.29 is 17.9 Å². The first kappa shape index (κ1) is 27.0. The smallest absolute Gasteiger partial charge is 0.407 e. The second kappa shape index (κ2) is 11.0. The number of carbonyl (C=O) groups is 1. The molecule has 0 bridgehead atoms. The van der Waals surface area contributed by atoms with E-state index in [4.69, 9.17) is 11.6 Å². The van der Waals surface area contributed by atoms with Gasteiger partial charge in [0.05, 0.1) is 24.0 Å². The lowest BCUT2D eigenvalue weighted by Crippen LogP contribution is -2.41. The lowest BCUT2D eigenvalue weighted by molar-refractivity contribution is 0.167. The van der Waals surface area contributed by atoms with Crippen molar-refractivity contribution in [2.75, 3.05) is 31.3 Å². The van der Waals surface area contributed by atoms with Crippen LogP contribution in [0.25, 0.3) is 17.0 Å². The van der Waals surface area contributed by atoms with Gasteiger partial charge in [0.15, 0.2) is 5.82 Å². The maximum Gasteiger partial charge on any atom is 0.407 e. The number of guanidine groups is 1. The number of carbonyl (C=O) groups excluding carboxylic acids is 1. The first-order valence-corrected chi connectivity index (χ1v) is 13.1. The van der Waals surface area contributed by atoms with E-state index < -0.39 is 16.1 Å². The zero-order valence-corrected chi connectivity index (χ0v) is 22.3. The van der Waals surface area contributed by atoms with Gasteiger partial charge in [-0.15, -0.1) is 0 Å². The molecule has 36 heavy (non-hydrogen) atoms. The van der Waals surface area contributed by atoms with Gasteiger partial charge in [-0.05, 0) is 32.6 Å². The Balaban J connectivity index is 2.00. The molecule has 12 nitrogen and oxygen atoms in total. The van der Waals surface area contributed by atoms with Crippen molar-refractivity contribution in [1.82, 2.24) is 25.4 Å². The minimum atomic E-state index is -3.59.